The Morgan fingerprint density at radius 3 is 2.29 bits per heavy atom. The molecule has 2 aromatic carbocycles. The monoisotopic (exact) mass is 400 g/mol. The Kier molecular flexibility index (Phi) is 5.12. The lowest BCUT2D eigenvalue weighted by molar-refractivity contribution is 0.0695. The summed E-state index contributed by atoms with van der Waals surface area (Å²) in [6.07, 6.45) is 4.21. The number of piperazine rings is 1. The van der Waals surface area contributed by atoms with Crippen molar-refractivity contribution in [3.63, 3.8) is 0 Å². The molecule has 0 saturated carbocycles. The molecule has 0 aromatic heterocycles. The first kappa shape index (κ1) is 19.0. The van der Waals surface area contributed by atoms with Gasteiger partial charge in [0.2, 0.25) is 10.0 Å². The molecule has 4 rings (SSSR count). The zero-order valence-corrected chi connectivity index (χ0v) is 16.5. The number of phenolic OH excluding ortho intramolecular Hbond substituents is 1. The summed E-state index contributed by atoms with van der Waals surface area (Å²) in [7, 11) is -3.57. The third-order valence-electron chi connectivity index (χ3n) is 5.62. The van der Waals surface area contributed by atoms with Gasteiger partial charge in [-0.05, 0) is 61.1 Å². The van der Waals surface area contributed by atoms with Gasteiger partial charge in [-0.2, -0.15) is 4.31 Å². The van der Waals surface area contributed by atoms with E-state index in [1.165, 1.54) is 15.9 Å². The summed E-state index contributed by atoms with van der Waals surface area (Å²) in [5.41, 5.74) is 2.64. The molecule has 28 heavy (non-hydrogen) atoms. The number of aryl methyl sites for hydroxylation is 2. The van der Waals surface area contributed by atoms with E-state index < -0.39 is 10.0 Å². The van der Waals surface area contributed by atoms with E-state index in [4.69, 9.17) is 0 Å². The third kappa shape index (κ3) is 3.52. The number of aromatic hydroxyl groups is 1. The molecule has 1 aliphatic heterocycles. The molecule has 0 spiro atoms. The number of carbonyl (C=O) groups is 1. The summed E-state index contributed by atoms with van der Waals surface area (Å²) in [5.74, 6) is -0.333. The Morgan fingerprint density at radius 2 is 1.57 bits per heavy atom. The molecule has 2 aromatic rings. The zero-order valence-electron chi connectivity index (χ0n) is 15.7. The van der Waals surface area contributed by atoms with Crippen molar-refractivity contribution in [2.75, 3.05) is 26.2 Å². The molecule has 148 valence electrons. The van der Waals surface area contributed by atoms with E-state index in [1.54, 1.807) is 29.2 Å². The predicted molar refractivity (Wildman–Crippen MR) is 106 cm³/mol. The highest BCUT2D eigenvalue weighted by Gasteiger charge is 2.31. The fraction of sp³-hybridized carbons (Fsp3) is 0.381. The summed E-state index contributed by atoms with van der Waals surface area (Å²) in [6.45, 7) is 1.10. The number of fused-ring (bicyclic) bond motifs is 1. The number of sulfonamides is 1. The van der Waals surface area contributed by atoms with Crippen molar-refractivity contribution in [1.29, 1.82) is 0 Å². The number of benzene rings is 2. The van der Waals surface area contributed by atoms with Crippen LogP contribution in [0.25, 0.3) is 0 Å². The Bertz CT molecular complexity index is 995. The highest BCUT2D eigenvalue weighted by atomic mass is 32.2. The molecule has 6 nitrogen and oxygen atoms in total. The van der Waals surface area contributed by atoms with Gasteiger partial charge in [-0.3, -0.25) is 4.79 Å². The van der Waals surface area contributed by atoms with Crippen LogP contribution in [0.1, 0.15) is 34.3 Å². The van der Waals surface area contributed by atoms with Crippen molar-refractivity contribution in [3.8, 4) is 5.75 Å². The lowest BCUT2D eigenvalue weighted by Gasteiger charge is -2.34. The van der Waals surface area contributed by atoms with E-state index in [-0.39, 0.29) is 30.3 Å². The van der Waals surface area contributed by atoms with Gasteiger partial charge in [0.15, 0.2) is 0 Å². The average molecular weight is 401 g/mol. The quantitative estimate of drug-likeness (QED) is 0.858. The first-order valence-corrected chi connectivity index (χ1v) is 11.1. The van der Waals surface area contributed by atoms with Crippen molar-refractivity contribution in [3.05, 3.63) is 59.2 Å². The summed E-state index contributed by atoms with van der Waals surface area (Å²) >= 11 is 0. The molecule has 2 aliphatic rings. The largest absolute Gasteiger partial charge is 0.507 e. The normalized spacial score (nSPS) is 17.9. The van der Waals surface area contributed by atoms with Crippen molar-refractivity contribution < 1.29 is 18.3 Å². The van der Waals surface area contributed by atoms with Gasteiger partial charge in [0.05, 0.1) is 10.5 Å². The highest BCUT2D eigenvalue weighted by molar-refractivity contribution is 7.89. The summed E-state index contributed by atoms with van der Waals surface area (Å²) in [6, 6.07) is 11.9. The molecule has 0 radical (unpaired) electrons. The van der Waals surface area contributed by atoms with Gasteiger partial charge in [-0.15, -0.1) is 0 Å². The molecule has 0 bridgehead atoms. The highest BCUT2D eigenvalue weighted by Crippen LogP contribution is 2.26. The number of rotatable bonds is 3. The second kappa shape index (κ2) is 7.56. The van der Waals surface area contributed by atoms with Crippen molar-refractivity contribution >= 4 is 15.9 Å². The maximum atomic E-state index is 13.1. The Hall–Kier alpha value is -2.38. The minimum absolute atomic E-state index is 0.0587. The molecule has 1 fully saturated rings. The van der Waals surface area contributed by atoms with Gasteiger partial charge in [0.25, 0.3) is 5.91 Å². The SMILES string of the molecule is O=C(c1ccccc1O)N1CCN(S(=O)(=O)c2ccc3c(c2)CCCC3)CC1. The number of hydrogen-bond donors (Lipinski definition) is 1. The van der Waals surface area contributed by atoms with Crippen LogP contribution >= 0.6 is 0 Å². The van der Waals surface area contributed by atoms with Crippen molar-refractivity contribution in [1.82, 2.24) is 9.21 Å². The maximum Gasteiger partial charge on any atom is 0.257 e. The number of phenols is 1. The number of para-hydroxylation sites is 1. The minimum atomic E-state index is -3.57. The van der Waals surface area contributed by atoms with Crippen LogP contribution in [0.4, 0.5) is 0 Å². The van der Waals surface area contributed by atoms with Gasteiger partial charge < -0.3 is 10.0 Å². The molecule has 1 N–H and O–H groups in total. The van der Waals surface area contributed by atoms with Gasteiger partial charge >= 0.3 is 0 Å². The van der Waals surface area contributed by atoms with E-state index in [2.05, 4.69) is 0 Å². The van der Waals surface area contributed by atoms with E-state index in [9.17, 15) is 18.3 Å². The standard InChI is InChI=1S/C21H24N2O4S/c24-20-8-4-3-7-19(20)21(25)22-11-13-23(14-12-22)28(26,27)18-10-9-16-5-1-2-6-17(16)15-18/h3-4,7-10,15,24H,1-2,5-6,11-14H2. The van der Waals surface area contributed by atoms with Gasteiger partial charge in [-0.25, -0.2) is 8.42 Å². The molecule has 1 heterocycles. The third-order valence-corrected chi connectivity index (χ3v) is 7.51. The lowest BCUT2D eigenvalue weighted by atomic mass is 9.92. The second-order valence-corrected chi connectivity index (χ2v) is 9.29. The summed E-state index contributed by atoms with van der Waals surface area (Å²) < 4.78 is 27.6. The van der Waals surface area contributed by atoms with Crippen molar-refractivity contribution in [2.45, 2.75) is 30.6 Å². The molecular weight excluding hydrogens is 376 g/mol. The average Bonchev–Trinajstić information content (AvgIpc) is 2.73. The maximum absolute atomic E-state index is 13.1. The zero-order chi connectivity index (χ0) is 19.7. The van der Waals surface area contributed by atoms with Crippen LogP contribution in [0.15, 0.2) is 47.4 Å². The van der Waals surface area contributed by atoms with Crippen molar-refractivity contribution in [2.24, 2.45) is 0 Å². The predicted octanol–water partition coefficient (Wildman–Crippen LogP) is 2.42. The Balaban J connectivity index is 1.47. The number of nitrogens with zero attached hydrogens (tertiary/aromatic N) is 2. The first-order valence-electron chi connectivity index (χ1n) is 9.66. The lowest BCUT2D eigenvalue weighted by Crippen LogP contribution is -2.50. The van der Waals surface area contributed by atoms with E-state index in [1.807, 2.05) is 12.1 Å². The van der Waals surface area contributed by atoms with Crippen LogP contribution in [-0.2, 0) is 22.9 Å². The number of amides is 1. The minimum Gasteiger partial charge on any atom is -0.507 e. The molecule has 0 atom stereocenters. The smallest absolute Gasteiger partial charge is 0.257 e. The van der Waals surface area contributed by atoms with E-state index >= 15 is 0 Å². The van der Waals surface area contributed by atoms with Crippen LogP contribution in [0.2, 0.25) is 0 Å². The molecule has 1 amide bonds. The van der Waals surface area contributed by atoms with Crippen LogP contribution < -0.4 is 0 Å². The first-order chi connectivity index (χ1) is 13.5. The second-order valence-electron chi connectivity index (χ2n) is 7.35. The summed E-state index contributed by atoms with van der Waals surface area (Å²) in [4.78, 5) is 14.5. The van der Waals surface area contributed by atoms with Crippen LogP contribution in [-0.4, -0.2) is 54.8 Å². The van der Waals surface area contributed by atoms with Crippen LogP contribution in [0.3, 0.4) is 0 Å². The topological polar surface area (TPSA) is 77.9 Å². The number of hydrogen-bond acceptors (Lipinski definition) is 4. The molecule has 1 aliphatic carbocycles. The fourth-order valence-corrected chi connectivity index (χ4v) is 5.45. The Morgan fingerprint density at radius 1 is 0.893 bits per heavy atom. The van der Waals surface area contributed by atoms with Gasteiger partial charge in [0, 0.05) is 26.2 Å². The number of carbonyl (C=O) groups excluding carboxylic acids is 1. The van der Waals surface area contributed by atoms with E-state index in [0.29, 0.717) is 18.0 Å². The fourth-order valence-electron chi connectivity index (χ4n) is 3.98. The molecular formula is C21H24N2O4S. The molecule has 0 unspecified atom stereocenters. The van der Waals surface area contributed by atoms with E-state index in [0.717, 1.165) is 31.2 Å². The van der Waals surface area contributed by atoms with Crippen LogP contribution in [0.5, 0.6) is 5.75 Å². The summed E-state index contributed by atoms with van der Waals surface area (Å²) in [5, 5.41) is 9.88. The van der Waals surface area contributed by atoms with Gasteiger partial charge in [-0.1, -0.05) is 18.2 Å². The van der Waals surface area contributed by atoms with Gasteiger partial charge in [0.1, 0.15) is 5.75 Å². The van der Waals surface area contributed by atoms with Crippen LogP contribution in [0, 0.1) is 0 Å². The molecule has 7 heteroatoms. The molecule has 1 saturated heterocycles. The Labute approximate surface area is 165 Å².